The van der Waals surface area contributed by atoms with Crippen LogP contribution in [0, 0.1) is 0 Å². The molecule has 3 aromatic heterocycles. The smallest absolute Gasteiger partial charge is 0.164 e. The van der Waals surface area contributed by atoms with Crippen molar-refractivity contribution in [2.24, 2.45) is 0 Å². The molecule has 5 heteroatoms. The molecule has 0 saturated carbocycles. The summed E-state index contributed by atoms with van der Waals surface area (Å²) in [5.41, 5.74) is -0.383. The molecule has 0 aliphatic carbocycles. The maximum atomic E-state index is 9.87. The molecule has 0 bridgehead atoms. The third-order valence-electron chi connectivity index (χ3n) is 10.3. The van der Waals surface area contributed by atoms with Crippen LogP contribution in [0.2, 0.25) is 0 Å². The predicted molar refractivity (Wildman–Crippen MR) is 258 cm³/mol. The Balaban J connectivity index is 1.12. The monoisotopic (exact) mass is 828 g/mol. The first kappa shape index (κ1) is 21.5. The third kappa shape index (κ3) is 6.53. The Kier molecular flexibility index (Phi) is 5.18. The quantitative estimate of drug-likeness (QED) is 0.161. The summed E-state index contributed by atoms with van der Waals surface area (Å²) in [5.74, 6) is 0.166. The van der Waals surface area contributed by atoms with Crippen LogP contribution >= 0.6 is 11.3 Å². The highest BCUT2D eigenvalue weighted by atomic mass is 32.1. The van der Waals surface area contributed by atoms with Gasteiger partial charge in [0.25, 0.3) is 0 Å². The number of benzene rings is 9. The molecule has 0 atom stereocenters. The predicted octanol–water partition coefficient (Wildman–Crippen LogP) is 15.8. The summed E-state index contributed by atoms with van der Waals surface area (Å²) < 4.78 is 178. The SMILES string of the molecule is [2H]c1c([2H])c([2H])c(-c2c([2H])c(-c3c([2H])c([2H])c([2H])c([2H])c3[2H])c([2H])c(-c3c([2H])c([2H])c4sc5c([2H])c(-c6nc(-c7ccc(-c8ccccc8)cc7)nc(-c7ccc8oc9ccccc9c8c7)n6)c([2H])c([2H])c5c4c3[2H])c2[2H])c([2H])c1[2H]. The fourth-order valence-corrected chi connectivity index (χ4v) is 8.24. The summed E-state index contributed by atoms with van der Waals surface area (Å²) in [4.78, 5) is 14.6. The largest absolute Gasteiger partial charge is 0.456 e. The van der Waals surface area contributed by atoms with Gasteiger partial charge in [0, 0.05) is 47.6 Å². The van der Waals surface area contributed by atoms with Gasteiger partial charge in [-0.25, -0.2) is 15.0 Å². The average molecular weight is 829 g/mol. The Labute approximate surface area is 388 Å². The first-order chi connectivity index (χ1) is 38.6. The molecule has 290 valence electrons. The van der Waals surface area contributed by atoms with Crippen LogP contribution in [0.25, 0.3) is 121 Å². The second-order valence-electron chi connectivity index (χ2n) is 14.1. The number of furan rings is 1. The Morgan fingerprint density at radius 3 is 1.63 bits per heavy atom. The molecule has 0 fully saturated rings. The maximum Gasteiger partial charge on any atom is 0.164 e. The fourth-order valence-electron chi connectivity index (χ4n) is 7.28. The highest BCUT2D eigenvalue weighted by molar-refractivity contribution is 7.25. The molecule has 0 N–H and O–H groups in total. The molecule has 12 rings (SSSR count). The summed E-state index contributed by atoms with van der Waals surface area (Å²) in [7, 11) is 0. The van der Waals surface area contributed by atoms with Crippen molar-refractivity contribution in [1.29, 1.82) is 0 Å². The molecule has 0 saturated heterocycles. The van der Waals surface area contributed by atoms with E-state index in [1.54, 1.807) is 12.1 Å². The van der Waals surface area contributed by atoms with E-state index < -0.39 is 142 Å². The molecule has 12 aromatic rings. The molecule has 0 amide bonds. The maximum absolute atomic E-state index is 9.87. The van der Waals surface area contributed by atoms with Crippen molar-refractivity contribution in [2.45, 2.75) is 0 Å². The Bertz CT molecular complexity index is 4600. The van der Waals surface area contributed by atoms with Crippen LogP contribution in [0.1, 0.15) is 26.0 Å². The average Bonchev–Trinajstić information content (AvgIpc) is 4.32. The standard InChI is InChI=1S/C57H35N3OS/c1-4-12-36(13-5-1)39-20-22-40(23-21-39)55-58-56(42-25-28-52-49(34-42)47-18-10-11-19-51(47)61-52)60-57(59-55)43-24-27-48-50-33-41(26-29-53(50)62-54(48)35-43)46-31-44(37-14-6-2-7-15-37)30-45(32-46)38-16-8-3-9-17-38/h1-35H/i2D,3D,6D,7D,8D,9D,14D,15D,16D,17D,24D,26D,27D,29D,30D,31D,32D,33D,35D. The highest BCUT2D eigenvalue weighted by Crippen LogP contribution is 2.41. The summed E-state index contributed by atoms with van der Waals surface area (Å²) >= 11 is 0.769. The first-order valence-electron chi connectivity index (χ1n) is 28.7. The lowest BCUT2D eigenvalue weighted by Crippen LogP contribution is -2.00. The number of aromatic nitrogens is 3. The third-order valence-corrected chi connectivity index (χ3v) is 11.3. The molecule has 9 aromatic carbocycles. The van der Waals surface area contributed by atoms with Crippen molar-refractivity contribution >= 4 is 53.4 Å². The van der Waals surface area contributed by atoms with Gasteiger partial charge >= 0.3 is 0 Å². The minimum Gasteiger partial charge on any atom is -0.456 e. The molecule has 3 heterocycles. The van der Waals surface area contributed by atoms with Gasteiger partial charge in [0.05, 0.1) is 26.0 Å². The minimum atomic E-state index is -0.944. The van der Waals surface area contributed by atoms with Gasteiger partial charge in [0.2, 0.25) is 0 Å². The zero-order chi connectivity index (χ0) is 57.5. The van der Waals surface area contributed by atoms with E-state index >= 15 is 0 Å². The van der Waals surface area contributed by atoms with Crippen LogP contribution in [0.5, 0.6) is 0 Å². The van der Waals surface area contributed by atoms with E-state index in [4.69, 9.17) is 33.1 Å². The second-order valence-corrected chi connectivity index (χ2v) is 15.1. The van der Waals surface area contributed by atoms with E-state index in [1.165, 1.54) is 0 Å². The Hall–Kier alpha value is -7.99. The van der Waals surface area contributed by atoms with Crippen LogP contribution in [-0.4, -0.2) is 15.0 Å². The number of rotatable bonds is 7. The molecular weight excluding hydrogens is 775 g/mol. The number of thiophene rings is 1. The number of para-hydroxylation sites is 1. The van der Waals surface area contributed by atoms with Crippen LogP contribution in [0.15, 0.2) is 216 Å². The molecule has 4 nitrogen and oxygen atoms in total. The van der Waals surface area contributed by atoms with Crippen LogP contribution in [0.4, 0.5) is 0 Å². The lowest BCUT2D eigenvalue weighted by molar-refractivity contribution is 0.669. The molecule has 62 heavy (non-hydrogen) atoms. The zero-order valence-electron chi connectivity index (χ0n) is 50.9. The van der Waals surface area contributed by atoms with E-state index in [2.05, 4.69) is 0 Å². The molecular formula is C57H35N3OS. The van der Waals surface area contributed by atoms with Gasteiger partial charge < -0.3 is 4.42 Å². The van der Waals surface area contributed by atoms with Crippen LogP contribution in [-0.2, 0) is 0 Å². The minimum absolute atomic E-state index is 0.0279. The van der Waals surface area contributed by atoms with Crippen LogP contribution in [0.3, 0.4) is 0 Å². The molecule has 0 unspecified atom stereocenters. The fraction of sp³-hybridized carbons (Fsp3) is 0. The van der Waals surface area contributed by atoms with Crippen molar-refractivity contribution in [1.82, 2.24) is 15.0 Å². The molecule has 0 aliphatic heterocycles. The van der Waals surface area contributed by atoms with Crippen molar-refractivity contribution in [3.63, 3.8) is 0 Å². The van der Waals surface area contributed by atoms with Crippen molar-refractivity contribution in [3.8, 4) is 78.7 Å². The summed E-state index contributed by atoms with van der Waals surface area (Å²) in [5, 5.41) is 1.17. The lowest BCUT2D eigenvalue weighted by atomic mass is 9.93. The summed E-state index contributed by atoms with van der Waals surface area (Å²) in [6.07, 6.45) is 0. The van der Waals surface area contributed by atoms with Crippen molar-refractivity contribution in [2.75, 3.05) is 0 Å². The zero-order valence-corrected chi connectivity index (χ0v) is 32.7. The van der Waals surface area contributed by atoms with E-state index in [9.17, 15) is 12.3 Å². The first-order valence-corrected chi connectivity index (χ1v) is 20.0. The summed E-state index contributed by atoms with van der Waals surface area (Å²) in [6, 6.07) is 14.9. The highest BCUT2D eigenvalue weighted by Gasteiger charge is 2.17. The van der Waals surface area contributed by atoms with E-state index in [1.807, 2.05) is 84.9 Å². The van der Waals surface area contributed by atoms with E-state index in [0.717, 1.165) is 33.2 Å². The number of nitrogens with zero attached hydrogens (tertiary/aromatic N) is 3. The van der Waals surface area contributed by atoms with Gasteiger partial charge in [-0.1, -0.05) is 151 Å². The normalized spacial score (nSPS) is 15.8. The Morgan fingerprint density at radius 2 is 0.903 bits per heavy atom. The second kappa shape index (κ2) is 14.9. The van der Waals surface area contributed by atoms with Gasteiger partial charge in [0.15, 0.2) is 17.5 Å². The van der Waals surface area contributed by atoms with Crippen molar-refractivity contribution in [3.05, 3.63) is 212 Å². The Morgan fingerprint density at radius 1 is 0.339 bits per heavy atom. The van der Waals surface area contributed by atoms with E-state index in [-0.39, 0.29) is 49.3 Å². The molecule has 0 radical (unpaired) electrons. The van der Waals surface area contributed by atoms with Gasteiger partial charge in [-0.15, -0.1) is 11.3 Å². The summed E-state index contributed by atoms with van der Waals surface area (Å²) in [6.45, 7) is 0. The van der Waals surface area contributed by atoms with E-state index in [0.29, 0.717) is 22.3 Å². The van der Waals surface area contributed by atoms with Gasteiger partial charge in [0.1, 0.15) is 11.2 Å². The number of hydrogen-bond donors (Lipinski definition) is 0. The molecule has 0 aliphatic rings. The number of hydrogen-bond acceptors (Lipinski definition) is 5. The lowest BCUT2D eigenvalue weighted by Gasteiger charge is -2.11. The van der Waals surface area contributed by atoms with Gasteiger partial charge in [-0.2, -0.15) is 0 Å². The van der Waals surface area contributed by atoms with Gasteiger partial charge in [-0.05, 0) is 105 Å². The van der Waals surface area contributed by atoms with Crippen LogP contribution < -0.4 is 0 Å². The number of fused-ring (bicyclic) bond motifs is 6. The topological polar surface area (TPSA) is 51.8 Å². The van der Waals surface area contributed by atoms with Crippen molar-refractivity contribution < 1.29 is 30.5 Å². The molecule has 0 spiro atoms. The van der Waals surface area contributed by atoms with Gasteiger partial charge in [-0.3, -0.25) is 0 Å².